The number of carbonyl (C=O) groups is 1. The minimum Gasteiger partial charge on any atom is -0.330 e. The normalized spacial score (nSPS) is 12.2. The number of hydrogen-bond acceptors (Lipinski definition) is 4. The minimum atomic E-state index is -0.543. The molecule has 0 aliphatic heterocycles. The van der Waals surface area contributed by atoms with Crippen molar-refractivity contribution in [1.29, 1.82) is 0 Å². The fourth-order valence-corrected chi connectivity index (χ4v) is 2.06. The van der Waals surface area contributed by atoms with Crippen LogP contribution in [0.25, 0.3) is 0 Å². The van der Waals surface area contributed by atoms with Gasteiger partial charge in [-0.3, -0.25) is 14.9 Å². The lowest BCUT2D eigenvalue weighted by Crippen LogP contribution is -2.30. The minimum absolute atomic E-state index is 0.120. The summed E-state index contributed by atoms with van der Waals surface area (Å²) in [6.07, 6.45) is 0.674. The highest BCUT2D eigenvalue weighted by Gasteiger charge is 2.19. The SMILES string of the molecule is CC(C)CC(CN)C(=O)Nc1ccc([N+](=O)[O-])cc1Cl. The number of nitrogens with two attached hydrogens (primary N) is 1. The molecule has 0 saturated carbocycles. The van der Waals surface area contributed by atoms with Crippen molar-refractivity contribution in [2.24, 2.45) is 17.6 Å². The largest absolute Gasteiger partial charge is 0.330 e. The van der Waals surface area contributed by atoms with E-state index in [4.69, 9.17) is 17.3 Å². The molecule has 0 fully saturated rings. The van der Waals surface area contributed by atoms with Gasteiger partial charge in [-0.05, 0) is 18.4 Å². The predicted molar refractivity (Wildman–Crippen MR) is 78.7 cm³/mol. The van der Waals surface area contributed by atoms with Crippen LogP contribution in [-0.4, -0.2) is 17.4 Å². The van der Waals surface area contributed by atoms with Gasteiger partial charge in [-0.2, -0.15) is 0 Å². The maximum Gasteiger partial charge on any atom is 0.271 e. The van der Waals surface area contributed by atoms with Gasteiger partial charge in [-0.15, -0.1) is 0 Å². The van der Waals surface area contributed by atoms with Crippen LogP contribution < -0.4 is 11.1 Å². The summed E-state index contributed by atoms with van der Waals surface area (Å²) >= 11 is 5.92. The molecule has 20 heavy (non-hydrogen) atoms. The van der Waals surface area contributed by atoms with E-state index in [2.05, 4.69) is 5.32 Å². The van der Waals surface area contributed by atoms with Gasteiger partial charge in [-0.1, -0.05) is 25.4 Å². The zero-order valence-electron chi connectivity index (χ0n) is 11.4. The molecule has 0 bridgehead atoms. The van der Waals surface area contributed by atoms with Crippen LogP contribution in [0.4, 0.5) is 11.4 Å². The highest BCUT2D eigenvalue weighted by molar-refractivity contribution is 6.34. The Labute approximate surface area is 122 Å². The number of nitrogens with zero attached hydrogens (tertiary/aromatic N) is 1. The van der Waals surface area contributed by atoms with Crippen molar-refractivity contribution in [2.45, 2.75) is 20.3 Å². The maximum absolute atomic E-state index is 12.1. The molecule has 1 aromatic carbocycles. The maximum atomic E-state index is 12.1. The van der Waals surface area contributed by atoms with E-state index < -0.39 is 4.92 Å². The Morgan fingerprint density at radius 1 is 1.50 bits per heavy atom. The van der Waals surface area contributed by atoms with Crippen LogP contribution in [0.15, 0.2) is 18.2 Å². The smallest absolute Gasteiger partial charge is 0.271 e. The molecule has 0 aliphatic rings. The van der Waals surface area contributed by atoms with Crippen molar-refractivity contribution >= 4 is 28.9 Å². The summed E-state index contributed by atoms with van der Waals surface area (Å²) in [5.74, 6) is -0.181. The molecule has 0 aliphatic carbocycles. The van der Waals surface area contributed by atoms with Crippen LogP contribution in [0.3, 0.4) is 0 Å². The average molecular weight is 300 g/mol. The second-order valence-electron chi connectivity index (χ2n) is 4.97. The van der Waals surface area contributed by atoms with Crippen molar-refractivity contribution < 1.29 is 9.72 Å². The summed E-state index contributed by atoms with van der Waals surface area (Å²) in [6.45, 7) is 4.26. The van der Waals surface area contributed by atoms with Crippen LogP contribution in [0.2, 0.25) is 5.02 Å². The van der Waals surface area contributed by atoms with Crippen molar-refractivity contribution in [3.8, 4) is 0 Å². The Morgan fingerprint density at radius 3 is 2.60 bits per heavy atom. The Hall–Kier alpha value is -1.66. The quantitative estimate of drug-likeness (QED) is 0.623. The molecule has 1 amide bonds. The molecule has 1 unspecified atom stereocenters. The number of amides is 1. The Bertz CT molecular complexity index is 506. The first-order valence-electron chi connectivity index (χ1n) is 6.30. The van der Waals surface area contributed by atoms with Crippen molar-refractivity contribution in [1.82, 2.24) is 0 Å². The zero-order chi connectivity index (χ0) is 15.3. The second-order valence-corrected chi connectivity index (χ2v) is 5.38. The second kappa shape index (κ2) is 7.21. The van der Waals surface area contributed by atoms with Gasteiger partial charge in [0.05, 0.1) is 21.6 Å². The summed E-state index contributed by atoms with van der Waals surface area (Å²) in [4.78, 5) is 22.1. The van der Waals surface area contributed by atoms with E-state index in [0.717, 1.165) is 0 Å². The zero-order valence-corrected chi connectivity index (χ0v) is 12.2. The van der Waals surface area contributed by atoms with Gasteiger partial charge < -0.3 is 11.1 Å². The van der Waals surface area contributed by atoms with Gasteiger partial charge >= 0.3 is 0 Å². The Morgan fingerprint density at radius 2 is 2.15 bits per heavy atom. The summed E-state index contributed by atoms with van der Waals surface area (Å²) in [7, 11) is 0. The fourth-order valence-electron chi connectivity index (χ4n) is 1.83. The third kappa shape index (κ3) is 4.47. The van der Waals surface area contributed by atoms with E-state index in [-0.39, 0.29) is 29.1 Å². The van der Waals surface area contributed by atoms with Gasteiger partial charge in [0.1, 0.15) is 0 Å². The van der Waals surface area contributed by atoms with Crippen molar-refractivity contribution in [3.05, 3.63) is 33.3 Å². The number of anilines is 1. The van der Waals surface area contributed by atoms with Crippen LogP contribution in [0, 0.1) is 22.0 Å². The highest BCUT2D eigenvalue weighted by atomic mass is 35.5. The molecular formula is C13H18ClN3O3. The standard InChI is InChI=1S/C13H18ClN3O3/c1-8(2)5-9(7-15)13(18)16-12-4-3-10(17(19)20)6-11(12)14/h3-4,6,8-9H,5,7,15H2,1-2H3,(H,16,18). The Kier molecular flexibility index (Phi) is 5.91. The first-order chi connectivity index (χ1) is 9.35. The third-order valence-corrected chi connectivity index (χ3v) is 3.15. The number of hydrogen-bond donors (Lipinski definition) is 2. The molecule has 0 heterocycles. The molecule has 0 saturated heterocycles. The number of carbonyl (C=O) groups excluding carboxylic acids is 1. The van der Waals surface area contributed by atoms with Gasteiger partial charge in [0, 0.05) is 18.7 Å². The van der Waals surface area contributed by atoms with E-state index in [0.29, 0.717) is 18.0 Å². The summed E-state index contributed by atoms with van der Waals surface area (Å²) in [6, 6.07) is 3.92. The van der Waals surface area contributed by atoms with E-state index in [1.54, 1.807) is 0 Å². The van der Waals surface area contributed by atoms with E-state index in [1.807, 2.05) is 13.8 Å². The lowest BCUT2D eigenvalue weighted by molar-refractivity contribution is -0.384. The van der Waals surface area contributed by atoms with Crippen LogP contribution in [-0.2, 0) is 4.79 Å². The number of non-ortho nitro benzene ring substituents is 1. The number of nitro groups is 1. The fraction of sp³-hybridized carbons (Fsp3) is 0.462. The summed E-state index contributed by atoms with van der Waals surface area (Å²) in [5, 5.41) is 13.4. The molecule has 3 N–H and O–H groups in total. The van der Waals surface area contributed by atoms with Crippen LogP contribution >= 0.6 is 11.6 Å². The number of nitrogens with one attached hydrogen (secondary N) is 1. The highest BCUT2D eigenvalue weighted by Crippen LogP contribution is 2.27. The molecule has 0 radical (unpaired) electrons. The third-order valence-electron chi connectivity index (χ3n) is 2.83. The van der Waals surface area contributed by atoms with E-state index >= 15 is 0 Å². The van der Waals surface area contributed by atoms with Crippen LogP contribution in [0.1, 0.15) is 20.3 Å². The number of nitro benzene ring substituents is 1. The molecule has 110 valence electrons. The van der Waals surface area contributed by atoms with Crippen LogP contribution in [0.5, 0.6) is 0 Å². The summed E-state index contributed by atoms with van der Waals surface area (Å²) < 4.78 is 0. The summed E-state index contributed by atoms with van der Waals surface area (Å²) in [5.41, 5.74) is 5.83. The van der Waals surface area contributed by atoms with Gasteiger partial charge in [-0.25, -0.2) is 0 Å². The molecule has 0 spiro atoms. The predicted octanol–water partition coefficient (Wildman–Crippen LogP) is 2.81. The monoisotopic (exact) mass is 299 g/mol. The molecule has 6 nitrogen and oxygen atoms in total. The molecule has 1 aromatic rings. The number of halogens is 1. The molecule has 7 heteroatoms. The Balaban J connectivity index is 2.82. The van der Waals surface area contributed by atoms with E-state index in [1.165, 1.54) is 18.2 Å². The van der Waals surface area contributed by atoms with Gasteiger partial charge in [0.2, 0.25) is 5.91 Å². The molecule has 1 rings (SSSR count). The first-order valence-corrected chi connectivity index (χ1v) is 6.67. The lowest BCUT2D eigenvalue weighted by atomic mass is 9.96. The topological polar surface area (TPSA) is 98.3 Å². The average Bonchev–Trinajstić information content (AvgIpc) is 2.37. The van der Waals surface area contributed by atoms with Gasteiger partial charge in [0.15, 0.2) is 0 Å². The van der Waals surface area contributed by atoms with Crippen molar-refractivity contribution in [2.75, 3.05) is 11.9 Å². The number of benzene rings is 1. The van der Waals surface area contributed by atoms with Crippen molar-refractivity contribution in [3.63, 3.8) is 0 Å². The molecular weight excluding hydrogens is 282 g/mol. The van der Waals surface area contributed by atoms with E-state index in [9.17, 15) is 14.9 Å². The first kappa shape index (κ1) is 16.4. The van der Waals surface area contributed by atoms with Gasteiger partial charge in [0.25, 0.3) is 5.69 Å². The lowest BCUT2D eigenvalue weighted by Gasteiger charge is -2.17. The number of rotatable bonds is 6. The molecule has 1 atom stereocenters. The molecule has 0 aromatic heterocycles.